The summed E-state index contributed by atoms with van der Waals surface area (Å²) in [6, 6.07) is 17.8. The van der Waals surface area contributed by atoms with Crippen LogP contribution in [0.5, 0.6) is 5.75 Å². The number of nitrogens with zero attached hydrogens (tertiary/aromatic N) is 1. The van der Waals surface area contributed by atoms with Gasteiger partial charge < -0.3 is 9.72 Å². The highest BCUT2D eigenvalue weighted by atomic mass is 32.2. The minimum atomic E-state index is -3.75. The molecule has 142 valence electrons. The number of H-pyrrole nitrogens is 1. The predicted molar refractivity (Wildman–Crippen MR) is 109 cm³/mol. The number of hydrogen-bond acceptors (Lipinski definition) is 4. The van der Waals surface area contributed by atoms with Gasteiger partial charge in [0.1, 0.15) is 16.6 Å². The molecule has 0 saturated heterocycles. The van der Waals surface area contributed by atoms with Gasteiger partial charge in [-0.3, -0.25) is 0 Å². The minimum Gasteiger partial charge on any atom is -0.496 e. The third-order valence-electron chi connectivity index (χ3n) is 4.85. The van der Waals surface area contributed by atoms with Crippen LogP contribution in [0, 0.1) is 6.92 Å². The first kappa shape index (κ1) is 18.3. The Labute approximate surface area is 163 Å². The smallest absolute Gasteiger partial charge is 0.189 e. The largest absolute Gasteiger partial charge is 0.496 e. The third kappa shape index (κ3) is 3.05. The van der Waals surface area contributed by atoms with Crippen LogP contribution in [0.4, 0.5) is 0 Å². The molecule has 0 fully saturated rings. The highest BCUT2D eigenvalue weighted by Gasteiger charge is 2.34. The minimum absolute atomic E-state index is 0.271. The Balaban J connectivity index is 2.00. The highest BCUT2D eigenvalue weighted by Crippen LogP contribution is 2.41. The molecule has 2 aromatic carbocycles. The molecule has 1 unspecified atom stereocenters. The maximum absolute atomic E-state index is 13.8. The van der Waals surface area contributed by atoms with Gasteiger partial charge in [-0.05, 0) is 37.3 Å². The second-order valence-corrected chi connectivity index (χ2v) is 8.66. The summed E-state index contributed by atoms with van der Waals surface area (Å²) in [5.74, 6) is 0.529. The number of methoxy groups -OCH3 is 1. The molecule has 0 spiro atoms. The van der Waals surface area contributed by atoms with E-state index in [2.05, 4.69) is 9.97 Å². The molecule has 0 bridgehead atoms. The summed E-state index contributed by atoms with van der Waals surface area (Å²) in [6.45, 7) is 1.93. The van der Waals surface area contributed by atoms with E-state index in [1.807, 2.05) is 37.3 Å². The van der Waals surface area contributed by atoms with E-state index >= 15 is 0 Å². The summed E-state index contributed by atoms with van der Waals surface area (Å²) in [6.07, 6.45) is 3.40. The van der Waals surface area contributed by atoms with Crippen LogP contribution < -0.4 is 4.74 Å². The van der Waals surface area contributed by atoms with Gasteiger partial charge in [0.2, 0.25) is 0 Å². The zero-order chi connectivity index (χ0) is 19.7. The van der Waals surface area contributed by atoms with E-state index in [0.29, 0.717) is 22.5 Å². The van der Waals surface area contributed by atoms with E-state index in [1.165, 1.54) is 0 Å². The summed E-state index contributed by atoms with van der Waals surface area (Å²) in [5, 5.41) is -0.154. The Morgan fingerprint density at radius 3 is 2.46 bits per heavy atom. The number of hydrogen-bond donors (Lipinski definition) is 1. The van der Waals surface area contributed by atoms with Crippen LogP contribution in [0.1, 0.15) is 21.9 Å². The highest BCUT2D eigenvalue weighted by molar-refractivity contribution is 7.92. The summed E-state index contributed by atoms with van der Waals surface area (Å²) >= 11 is 0. The molecule has 0 aliphatic rings. The van der Waals surface area contributed by atoms with E-state index in [4.69, 9.17) is 4.74 Å². The van der Waals surface area contributed by atoms with Crippen LogP contribution in [0.3, 0.4) is 0 Å². The number of fused-ring (bicyclic) bond motifs is 1. The number of aromatic nitrogens is 2. The summed E-state index contributed by atoms with van der Waals surface area (Å²) in [7, 11) is -2.20. The van der Waals surface area contributed by atoms with Gasteiger partial charge in [-0.15, -0.1) is 0 Å². The Bertz CT molecular complexity index is 1230. The van der Waals surface area contributed by atoms with Crippen LogP contribution in [0.25, 0.3) is 11.0 Å². The number of ether oxygens (including phenoxy) is 1. The lowest BCUT2D eigenvalue weighted by molar-refractivity contribution is 0.409. The van der Waals surface area contributed by atoms with Crippen molar-refractivity contribution >= 4 is 20.9 Å². The van der Waals surface area contributed by atoms with Crippen molar-refractivity contribution in [2.75, 3.05) is 7.11 Å². The molecule has 0 amide bonds. The average molecular weight is 392 g/mol. The molecule has 5 nitrogen and oxygen atoms in total. The lowest BCUT2D eigenvalue weighted by Gasteiger charge is -2.20. The Morgan fingerprint density at radius 1 is 0.964 bits per heavy atom. The molecule has 2 aromatic heterocycles. The fraction of sp³-hybridized carbons (Fsp3) is 0.136. The first-order valence-electron chi connectivity index (χ1n) is 8.88. The van der Waals surface area contributed by atoms with Gasteiger partial charge >= 0.3 is 0 Å². The SMILES string of the molecule is COc1ccccc1C(c1c[nH]c2ncccc12)S(=O)(=O)c1ccc(C)cc1. The molecule has 1 N–H and O–H groups in total. The third-order valence-corrected chi connectivity index (χ3v) is 6.90. The van der Waals surface area contributed by atoms with E-state index in [0.717, 1.165) is 10.9 Å². The molecule has 0 aliphatic carbocycles. The number of pyridine rings is 1. The summed E-state index contributed by atoms with van der Waals surface area (Å²) in [5.41, 5.74) is 2.89. The van der Waals surface area contributed by atoms with Crippen molar-refractivity contribution in [3.05, 3.63) is 89.7 Å². The quantitative estimate of drug-likeness (QED) is 0.545. The lowest BCUT2D eigenvalue weighted by atomic mass is 10.0. The maximum Gasteiger partial charge on any atom is 0.189 e. The number of benzene rings is 2. The van der Waals surface area contributed by atoms with Crippen LogP contribution in [0.15, 0.2) is 78.0 Å². The molecular weight excluding hydrogens is 372 g/mol. The second-order valence-electron chi connectivity index (χ2n) is 6.62. The molecule has 4 rings (SSSR count). The maximum atomic E-state index is 13.8. The molecular formula is C22H20N2O3S. The molecule has 1 atom stereocenters. The van der Waals surface area contributed by atoms with Crippen LogP contribution in [-0.2, 0) is 9.84 Å². The number of para-hydroxylation sites is 1. The fourth-order valence-corrected chi connectivity index (χ4v) is 5.29. The molecule has 28 heavy (non-hydrogen) atoms. The molecule has 0 radical (unpaired) electrons. The van der Waals surface area contributed by atoms with Crippen molar-refractivity contribution in [1.29, 1.82) is 0 Å². The van der Waals surface area contributed by atoms with E-state index in [-0.39, 0.29) is 4.90 Å². The van der Waals surface area contributed by atoms with Gasteiger partial charge in [0, 0.05) is 28.9 Å². The van der Waals surface area contributed by atoms with Gasteiger partial charge in [0.05, 0.1) is 12.0 Å². The molecule has 6 heteroatoms. The number of sulfone groups is 1. The molecule has 0 saturated carbocycles. The molecule has 4 aromatic rings. The Hall–Kier alpha value is -3.12. The lowest BCUT2D eigenvalue weighted by Crippen LogP contribution is -2.16. The number of aromatic amines is 1. The van der Waals surface area contributed by atoms with Gasteiger partial charge in [-0.25, -0.2) is 13.4 Å². The normalized spacial score (nSPS) is 12.8. The van der Waals surface area contributed by atoms with Crippen molar-refractivity contribution < 1.29 is 13.2 Å². The summed E-state index contributed by atoms with van der Waals surface area (Å²) < 4.78 is 33.0. The monoisotopic (exact) mass is 392 g/mol. The van der Waals surface area contributed by atoms with Crippen LogP contribution >= 0.6 is 0 Å². The van der Waals surface area contributed by atoms with Crippen molar-refractivity contribution in [3.63, 3.8) is 0 Å². The standard InChI is InChI=1S/C22H20N2O3S/c1-15-9-11-16(12-10-15)28(25,26)21(18-6-3-4-8-20(18)27-2)19-14-24-22-17(19)7-5-13-23-22/h3-14,21H,1-2H3,(H,23,24). The van der Waals surface area contributed by atoms with Gasteiger partial charge in [0.15, 0.2) is 9.84 Å². The number of aryl methyl sites for hydroxylation is 1. The number of nitrogens with one attached hydrogen (secondary N) is 1. The molecule has 0 aliphatic heterocycles. The van der Waals surface area contributed by atoms with Gasteiger partial charge in [-0.2, -0.15) is 0 Å². The van der Waals surface area contributed by atoms with Crippen LogP contribution in [0.2, 0.25) is 0 Å². The zero-order valence-electron chi connectivity index (χ0n) is 15.6. The van der Waals surface area contributed by atoms with E-state index in [1.54, 1.807) is 49.8 Å². The van der Waals surface area contributed by atoms with Crippen molar-refractivity contribution in [1.82, 2.24) is 9.97 Å². The first-order valence-corrected chi connectivity index (χ1v) is 10.4. The summed E-state index contributed by atoms with van der Waals surface area (Å²) in [4.78, 5) is 7.67. The number of rotatable bonds is 5. The van der Waals surface area contributed by atoms with Crippen molar-refractivity contribution in [2.24, 2.45) is 0 Å². The predicted octanol–water partition coefficient (Wildman–Crippen LogP) is 4.44. The molecule has 2 heterocycles. The van der Waals surface area contributed by atoms with Crippen LogP contribution in [-0.4, -0.2) is 25.5 Å². The van der Waals surface area contributed by atoms with E-state index in [9.17, 15) is 8.42 Å². The van der Waals surface area contributed by atoms with Gasteiger partial charge in [0.25, 0.3) is 0 Å². The topological polar surface area (TPSA) is 72.0 Å². The van der Waals surface area contributed by atoms with E-state index < -0.39 is 15.1 Å². The Morgan fingerprint density at radius 2 is 1.71 bits per heavy atom. The second kappa shape index (κ2) is 7.13. The van der Waals surface area contributed by atoms with Crippen molar-refractivity contribution in [3.8, 4) is 5.75 Å². The van der Waals surface area contributed by atoms with Crippen molar-refractivity contribution in [2.45, 2.75) is 17.1 Å². The zero-order valence-corrected chi connectivity index (χ0v) is 16.4. The first-order chi connectivity index (χ1) is 13.5. The Kier molecular flexibility index (Phi) is 4.65. The average Bonchev–Trinajstić information content (AvgIpc) is 3.12. The van der Waals surface area contributed by atoms with Gasteiger partial charge in [-0.1, -0.05) is 35.9 Å². The fourth-order valence-electron chi connectivity index (χ4n) is 3.44.